The van der Waals surface area contributed by atoms with Crippen molar-refractivity contribution in [2.45, 2.75) is 95.3 Å². The molecule has 16 heteroatoms. The average Bonchev–Trinajstić information content (AvgIpc) is 3.06. The lowest BCUT2D eigenvalue weighted by molar-refractivity contribution is -0.144. The van der Waals surface area contributed by atoms with Gasteiger partial charge < -0.3 is 48.1 Å². The normalized spacial score (nSPS) is 14.1. The molecule has 0 aliphatic heterocycles. The van der Waals surface area contributed by atoms with Crippen LogP contribution in [0.5, 0.6) is 0 Å². The first-order valence-electron chi connectivity index (χ1n) is 16.4. The van der Waals surface area contributed by atoms with E-state index in [1.165, 1.54) is 6.92 Å². The number of benzene rings is 1. The Hall–Kier alpha value is -4.25. The van der Waals surface area contributed by atoms with E-state index in [2.05, 4.69) is 10.6 Å². The number of carboxylic acid groups (broad SMARTS) is 1. The van der Waals surface area contributed by atoms with Gasteiger partial charge in [-0.2, -0.15) is 0 Å². The van der Waals surface area contributed by atoms with Crippen LogP contribution in [-0.4, -0.2) is 112 Å². The number of carbonyl (C=O) groups is 7. The molecule has 16 nitrogen and oxygen atoms in total. The van der Waals surface area contributed by atoms with Gasteiger partial charge in [-0.1, -0.05) is 36.8 Å². The molecule has 0 bridgehead atoms. The van der Waals surface area contributed by atoms with Crippen molar-refractivity contribution in [1.82, 2.24) is 15.5 Å². The number of amides is 4. The fraction of sp³-hybridized carbons (Fsp3) is 0.606. The molecule has 11 N–H and O–H groups in total. The van der Waals surface area contributed by atoms with Crippen molar-refractivity contribution in [3.8, 4) is 0 Å². The molecule has 0 saturated heterocycles. The summed E-state index contributed by atoms with van der Waals surface area (Å²) in [4.78, 5) is 87.3. The SMILES string of the molecule is CC(=O)N(CC(N)CO)C(CC(N)=O)C(=O)CCC(CCC(=O)NCCCCCC(=O)C(Cc1ccccc1)NC(=O)C(N)CO)C(=O)O. The second-order valence-corrected chi connectivity index (χ2v) is 12.0. The number of hydrogen-bond donors (Lipinski definition) is 8. The van der Waals surface area contributed by atoms with E-state index in [4.69, 9.17) is 22.3 Å². The molecule has 5 atom stereocenters. The lowest BCUT2D eigenvalue weighted by atomic mass is 9.93. The van der Waals surface area contributed by atoms with Crippen molar-refractivity contribution in [2.75, 3.05) is 26.3 Å². The Morgan fingerprint density at radius 3 is 2.08 bits per heavy atom. The number of carbonyl (C=O) groups excluding carboxylic acids is 6. The zero-order chi connectivity index (χ0) is 36.9. The number of nitrogens with two attached hydrogens (primary N) is 3. The topological polar surface area (TPSA) is 286 Å². The van der Waals surface area contributed by atoms with Gasteiger partial charge in [0.2, 0.25) is 23.6 Å². The van der Waals surface area contributed by atoms with Gasteiger partial charge in [0.1, 0.15) is 6.04 Å². The van der Waals surface area contributed by atoms with Crippen molar-refractivity contribution >= 4 is 41.2 Å². The maximum absolute atomic E-state index is 13.0. The number of nitrogens with one attached hydrogen (secondary N) is 2. The maximum atomic E-state index is 13.0. The third-order valence-corrected chi connectivity index (χ3v) is 7.96. The van der Waals surface area contributed by atoms with Crippen LogP contribution in [0.2, 0.25) is 0 Å². The van der Waals surface area contributed by atoms with Gasteiger partial charge in [-0.25, -0.2) is 0 Å². The number of Topliss-reactive ketones (excluding diaryl/α,β-unsaturated/α-hetero) is 2. The van der Waals surface area contributed by atoms with Crippen LogP contribution in [0.3, 0.4) is 0 Å². The third kappa shape index (κ3) is 17.1. The average molecular weight is 693 g/mol. The monoisotopic (exact) mass is 692 g/mol. The van der Waals surface area contributed by atoms with E-state index in [1.54, 1.807) is 0 Å². The maximum Gasteiger partial charge on any atom is 0.306 e. The molecule has 49 heavy (non-hydrogen) atoms. The number of primary amides is 1. The predicted octanol–water partition coefficient (Wildman–Crippen LogP) is -1.48. The highest BCUT2D eigenvalue weighted by Gasteiger charge is 2.31. The Kier molecular flexibility index (Phi) is 20.2. The number of aliphatic carboxylic acids is 1. The first-order chi connectivity index (χ1) is 23.2. The van der Waals surface area contributed by atoms with E-state index in [1.807, 2.05) is 30.3 Å². The van der Waals surface area contributed by atoms with Crippen LogP contribution in [0.25, 0.3) is 0 Å². The second kappa shape index (κ2) is 23.2. The van der Waals surface area contributed by atoms with Gasteiger partial charge in [-0.05, 0) is 37.7 Å². The summed E-state index contributed by atoms with van der Waals surface area (Å²) < 4.78 is 0. The van der Waals surface area contributed by atoms with Crippen LogP contribution in [0, 0.1) is 5.92 Å². The summed E-state index contributed by atoms with van der Waals surface area (Å²) >= 11 is 0. The van der Waals surface area contributed by atoms with Gasteiger partial charge in [0.05, 0.1) is 37.6 Å². The van der Waals surface area contributed by atoms with E-state index in [0.29, 0.717) is 25.8 Å². The minimum absolute atomic E-state index is 0.0519. The summed E-state index contributed by atoms with van der Waals surface area (Å²) in [5, 5.41) is 33.4. The number of rotatable bonds is 26. The molecule has 0 fully saturated rings. The largest absolute Gasteiger partial charge is 0.481 e. The van der Waals surface area contributed by atoms with Crippen molar-refractivity contribution < 1.29 is 48.9 Å². The molecule has 0 saturated carbocycles. The van der Waals surface area contributed by atoms with E-state index in [9.17, 15) is 43.8 Å². The number of hydrogen-bond acceptors (Lipinski definition) is 11. The van der Waals surface area contributed by atoms with Crippen LogP contribution in [0.4, 0.5) is 0 Å². The van der Waals surface area contributed by atoms with Gasteiger partial charge in [0, 0.05) is 45.3 Å². The molecule has 4 amide bonds. The van der Waals surface area contributed by atoms with Gasteiger partial charge in [0.15, 0.2) is 11.6 Å². The molecular weight excluding hydrogens is 640 g/mol. The Balaban J connectivity index is 2.55. The molecule has 0 aliphatic rings. The van der Waals surface area contributed by atoms with E-state index < -0.39 is 79.2 Å². The van der Waals surface area contributed by atoms with Gasteiger partial charge >= 0.3 is 5.97 Å². The third-order valence-electron chi connectivity index (χ3n) is 7.96. The first kappa shape index (κ1) is 42.8. The predicted molar refractivity (Wildman–Crippen MR) is 178 cm³/mol. The molecule has 0 aliphatic carbocycles. The molecule has 1 aromatic rings. The highest BCUT2D eigenvalue weighted by Crippen LogP contribution is 2.18. The van der Waals surface area contributed by atoms with Crippen LogP contribution in [-0.2, 0) is 40.0 Å². The minimum atomic E-state index is -1.27. The summed E-state index contributed by atoms with van der Waals surface area (Å²) in [6.45, 7) is 0.241. The summed E-state index contributed by atoms with van der Waals surface area (Å²) in [7, 11) is 0. The van der Waals surface area contributed by atoms with E-state index in [-0.39, 0.29) is 56.8 Å². The second-order valence-electron chi connectivity index (χ2n) is 12.0. The number of ketones is 2. The molecule has 0 heterocycles. The zero-order valence-electron chi connectivity index (χ0n) is 28.1. The summed E-state index contributed by atoms with van der Waals surface area (Å²) in [5.74, 6) is -5.44. The van der Waals surface area contributed by atoms with E-state index >= 15 is 0 Å². The lowest BCUT2D eigenvalue weighted by Crippen LogP contribution is -2.51. The Bertz CT molecular complexity index is 1250. The van der Waals surface area contributed by atoms with Crippen LogP contribution in [0.1, 0.15) is 70.3 Å². The summed E-state index contributed by atoms with van der Waals surface area (Å²) in [6, 6.07) is 5.07. The Morgan fingerprint density at radius 2 is 1.51 bits per heavy atom. The minimum Gasteiger partial charge on any atom is -0.481 e. The molecule has 0 radical (unpaired) electrons. The quantitative estimate of drug-likeness (QED) is 0.0516. The number of carboxylic acids is 1. The van der Waals surface area contributed by atoms with Crippen molar-refractivity contribution in [2.24, 2.45) is 23.1 Å². The molecule has 0 spiro atoms. The molecule has 1 aromatic carbocycles. The standard InChI is InChI=1S/C33H52N6O10/c1-21(42)39(18-24(34)19-40)27(17-30(36)45)29(44)13-11-23(33(48)49)12-14-31(46)37-15-7-3-6-10-28(43)26(38-32(47)25(35)20-41)16-22-8-4-2-5-9-22/h2,4-5,8-9,23-27,40-41H,3,6-7,10-20,34-35H2,1H3,(H2,36,45)(H,37,46)(H,38,47)(H,48,49). The van der Waals surface area contributed by atoms with Crippen molar-refractivity contribution in [3.05, 3.63) is 35.9 Å². The number of aliphatic hydroxyl groups excluding tert-OH is 2. The van der Waals surface area contributed by atoms with Gasteiger partial charge in [-0.3, -0.25) is 33.6 Å². The first-order valence-corrected chi connectivity index (χ1v) is 16.4. The highest BCUT2D eigenvalue weighted by molar-refractivity contribution is 5.93. The highest BCUT2D eigenvalue weighted by atomic mass is 16.4. The fourth-order valence-electron chi connectivity index (χ4n) is 5.10. The van der Waals surface area contributed by atoms with Gasteiger partial charge in [-0.15, -0.1) is 0 Å². The summed E-state index contributed by atoms with van der Waals surface area (Å²) in [5.41, 5.74) is 17.4. The number of unbranched alkanes of at least 4 members (excludes halogenated alkanes) is 2. The zero-order valence-corrected chi connectivity index (χ0v) is 28.1. The number of aliphatic hydroxyl groups is 2. The van der Waals surface area contributed by atoms with Crippen LogP contribution in [0.15, 0.2) is 30.3 Å². The van der Waals surface area contributed by atoms with E-state index in [0.717, 1.165) is 10.5 Å². The molecular formula is C33H52N6O10. The molecule has 274 valence electrons. The summed E-state index contributed by atoms with van der Waals surface area (Å²) in [6.07, 6.45) is 1.01. The number of nitrogens with zero attached hydrogens (tertiary/aromatic N) is 1. The molecule has 5 unspecified atom stereocenters. The fourth-order valence-corrected chi connectivity index (χ4v) is 5.10. The van der Waals surface area contributed by atoms with Crippen molar-refractivity contribution in [3.63, 3.8) is 0 Å². The molecule has 1 rings (SSSR count). The lowest BCUT2D eigenvalue weighted by Gasteiger charge is -2.31. The van der Waals surface area contributed by atoms with Crippen molar-refractivity contribution in [1.29, 1.82) is 0 Å². The Morgan fingerprint density at radius 1 is 0.857 bits per heavy atom. The molecule has 0 aromatic heterocycles. The van der Waals surface area contributed by atoms with Crippen LogP contribution < -0.4 is 27.8 Å². The van der Waals surface area contributed by atoms with Crippen LogP contribution >= 0.6 is 0 Å². The van der Waals surface area contributed by atoms with Gasteiger partial charge in [0.25, 0.3) is 0 Å². The smallest absolute Gasteiger partial charge is 0.306 e. The Labute approximate surface area is 286 Å².